The van der Waals surface area contributed by atoms with Crippen LogP contribution in [0.5, 0.6) is 0 Å². The van der Waals surface area contributed by atoms with E-state index in [0.29, 0.717) is 0 Å². The third kappa shape index (κ3) is 0.858. The molecule has 3 saturated heterocycles. The quantitative estimate of drug-likeness (QED) is 0.454. The summed E-state index contributed by atoms with van der Waals surface area (Å²) >= 11 is 0. The molecule has 2 nitrogen and oxygen atoms in total. The van der Waals surface area contributed by atoms with Gasteiger partial charge in [0, 0.05) is 13.1 Å². The smallest absolute Gasteiger partial charge is 0.0531 e. The van der Waals surface area contributed by atoms with Gasteiger partial charge in [0.05, 0.1) is 13.3 Å². The van der Waals surface area contributed by atoms with E-state index in [1.807, 2.05) is 13.8 Å². The number of rotatable bonds is 0. The van der Waals surface area contributed by atoms with Crippen LogP contribution in [0, 0.1) is 0 Å². The van der Waals surface area contributed by atoms with Gasteiger partial charge in [-0.05, 0) is 0 Å². The Bertz CT molecular complexity index is 53.4. The second kappa shape index (κ2) is 2.46. The predicted molar refractivity (Wildman–Crippen MR) is 34.5 cm³/mol. The van der Waals surface area contributed by atoms with Gasteiger partial charge in [-0.2, -0.15) is 0 Å². The van der Waals surface area contributed by atoms with Crippen LogP contribution in [0.3, 0.4) is 0 Å². The lowest BCUT2D eigenvalue weighted by molar-refractivity contribution is 0.0752. The lowest BCUT2D eigenvalue weighted by Crippen LogP contribution is -2.43. The van der Waals surface area contributed by atoms with Crippen molar-refractivity contribution in [2.75, 3.05) is 26.4 Å². The average molecular weight is 114 g/mol. The first-order valence-electron chi connectivity index (χ1n) is 3.40. The summed E-state index contributed by atoms with van der Waals surface area (Å²) in [6.07, 6.45) is 0. The standard InChI is InChI=1S/C4H8N2.C2H6/c1-2-6-3-5(1)4-6;1-2/h1-4H2;1-2H3. The lowest BCUT2D eigenvalue weighted by atomic mass is 10.6. The second-order valence-electron chi connectivity index (χ2n) is 2.07. The number of nitrogens with zero attached hydrogens (tertiary/aromatic N) is 2. The molecular formula is C6H14N2. The van der Waals surface area contributed by atoms with Crippen molar-refractivity contribution in [2.24, 2.45) is 0 Å². The summed E-state index contributed by atoms with van der Waals surface area (Å²) in [5.41, 5.74) is 0. The summed E-state index contributed by atoms with van der Waals surface area (Å²) in [6, 6.07) is 0. The molecule has 0 spiro atoms. The molecule has 3 rings (SSSR count). The van der Waals surface area contributed by atoms with Crippen molar-refractivity contribution in [3.8, 4) is 0 Å². The molecular weight excluding hydrogens is 100 g/mol. The zero-order chi connectivity index (χ0) is 5.98. The molecule has 0 N–H and O–H groups in total. The summed E-state index contributed by atoms with van der Waals surface area (Å²) in [4.78, 5) is 4.86. The Labute approximate surface area is 51.1 Å². The van der Waals surface area contributed by atoms with Gasteiger partial charge in [0.25, 0.3) is 0 Å². The molecule has 0 unspecified atom stereocenters. The molecule has 3 aliphatic heterocycles. The zero-order valence-electron chi connectivity index (χ0n) is 5.72. The van der Waals surface area contributed by atoms with Crippen LogP contribution in [0.4, 0.5) is 0 Å². The van der Waals surface area contributed by atoms with Crippen molar-refractivity contribution >= 4 is 0 Å². The highest BCUT2D eigenvalue weighted by molar-refractivity contribution is 4.78. The van der Waals surface area contributed by atoms with Gasteiger partial charge in [0.2, 0.25) is 0 Å². The Morgan fingerprint density at radius 1 is 0.875 bits per heavy atom. The van der Waals surface area contributed by atoms with E-state index in [1.165, 1.54) is 26.4 Å². The van der Waals surface area contributed by atoms with Gasteiger partial charge in [0.15, 0.2) is 0 Å². The Morgan fingerprint density at radius 3 is 1.38 bits per heavy atom. The summed E-state index contributed by atoms with van der Waals surface area (Å²) in [7, 11) is 0. The number of fused-ring (bicyclic) bond motifs is 1. The van der Waals surface area contributed by atoms with Crippen LogP contribution in [0.25, 0.3) is 0 Å². The molecule has 8 heavy (non-hydrogen) atoms. The van der Waals surface area contributed by atoms with Gasteiger partial charge in [0.1, 0.15) is 0 Å². The van der Waals surface area contributed by atoms with Crippen LogP contribution in [0.2, 0.25) is 0 Å². The van der Waals surface area contributed by atoms with Gasteiger partial charge in [-0.3, -0.25) is 9.80 Å². The van der Waals surface area contributed by atoms with Crippen LogP contribution in [-0.2, 0) is 0 Å². The lowest BCUT2D eigenvalue weighted by Gasteiger charge is -2.29. The monoisotopic (exact) mass is 114 g/mol. The average Bonchev–Trinajstić information content (AvgIpc) is 2.24. The number of hydrogen-bond acceptors (Lipinski definition) is 2. The van der Waals surface area contributed by atoms with E-state index in [-0.39, 0.29) is 0 Å². The number of hydrogen-bond donors (Lipinski definition) is 0. The minimum Gasteiger partial charge on any atom is -0.276 e. The van der Waals surface area contributed by atoms with E-state index < -0.39 is 0 Å². The van der Waals surface area contributed by atoms with E-state index >= 15 is 0 Å². The van der Waals surface area contributed by atoms with Crippen LogP contribution < -0.4 is 0 Å². The highest BCUT2D eigenvalue weighted by Crippen LogP contribution is 2.14. The van der Waals surface area contributed by atoms with Gasteiger partial charge in [-0.25, -0.2) is 0 Å². The summed E-state index contributed by atoms with van der Waals surface area (Å²) in [5.74, 6) is 0. The van der Waals surface area contributed by atoms with Crippen LogP contribution >= 0.6 is 0 Å². The van der Waals surface area contributed by atoms with Crippen molar-refractivity contribution in [3.05, 3.63) is 0 Å². The summed E-state index contributed by atoms with van der Waals surface area (Å²) < 4.78 is 0. The molecule has 48 valence electrons. The summed E-state index contributed by atoms with van der Waals surface area (Å²) in [6.45, 7) is 9.14. The van der Waals surface area contributed by atoms with Crippen LogP contribution in [0.1, 0.15) is 13.8 Å². The predicted octanol–water partition coefficient (Wildman–Crippen LogP) is 0.559. The van der Waals surface area contributed by atoms with E-state index in [1.54, 1.807) is 0 Å². The molecule has 0 aromatic heterocycles. The van der Waals surface area contributed by atoms with Gasteiger partial charge < -0.3 is 0 Å². The molecule has 3 fully saturated rings. The Balaban J connectivity index is 0.000000147. The fourth-order valence-electron chi connectivity index (χ4n) is 1.09. The maximum Gasteiger partial charge on any atom is 0.0531 e. The zero-order valence-corrected chi connectivity index (χ0v) is 5.72. The maximum atomic E-state index is 2.43. The molecule has 0 amide bonds. The van der Waals surface area contributed by atoms with Crippen molar-refractivity contribution in [1.82, 2.24) is 9.80 Å². The van der Waals surface area contributed by atoms with Gasteiger partial charge in [-0.15, -0.1) is 0 Å². The maximum absolute atomic E-state index is 2.43. The Hall–Kier alpha value is -0.0800. The second-order valence-corrected chi connectivity index (χ2v) is 2.07. The van der Waals surface area contributed by atoms with E-state index in [2.05, 4.69) is 9.80 Å². The van der Waals surface area contributed by atoms with E-state index in [0.717, 1.165) is 0 Å². The first-order chi connectivity index (χ1) is 3.95. The minimum absolute atomic E-state index is 1.25. The third-order valence-corrected chi connectivity index (χ3v) is 1.53. The fraction of sp³-hybridized carbons (Fsp3) is 1.00. The van der Waals surface area contributed by atoms with Crippen LogP contribution in [0.15, 0.2) is 0 Å². The SMILES string of the molecule is C1CN2CN1C2.CC. The molecule has 0 aromatic rings. The fourth-order valence-corrected chi connectivity index (χ4v) is 1.09. The van der Waals surface area contributed by atoms with Crippen molar-refractivity contribution in [3.63, 3.8) is 0 Å². The highest BCUT2D eigenvalue weighted by atomic mass is 15.5. The molecule has 0 radical (unpaired) electrons. The third-order valence-electron chi connectivity index (χ3n) is 1.53. The first-order valence-corrected chi connectivity index (χ1v) is 3.40. The molecule has 2 heteroatoms. The molecule has 0 saturated carbocycles. The van der Waals surface area contributed by atoms with Crippen LogP contribution in [-0.4, -0.2) is 36.2 Å². The Morgan fingerprint density at radius 2 is 1.25 bits per heavy atom. The van der Waals surface area contributed by atoms with Crippen molar-refractivity contribution < 1.29 is 0 Å². The molecule has 0 aromatic carbocycles. The van der Waals surface area contributed by atoms with Crippen molar-refractivity contribution in [2.45, 2.75) is 13.8 Å². The molecule has 3 heterocycles. The molecule has 3 aliphatic rings. The first kappa shape index (κ1) is 6.05. The normalized spacial score (nSPS) is 39.8. The molecule has 0 aliphatic carbocycles. The highest BCUT2D eigenvalue weighted by Gasteiger charge is 2.29. The minimum atomic E-state index is 1.25. The van der Waals surface area contributed by atoms with Gasteiger partial charge >= 0.3 is 0 Å². The Kier molecular flexibility index (Phi) is 1.86. The van der Waals surface area contributed by atoms with Gasteiger partial charge in [-0.1, -0.05) is 13.8 Å². The molecule has 2 bridgehead atoms. The van der Waals surface area contributed by atoms with E-state index in [4.69, 9.17) is 0 Å². The summed E-state index contributed by atoms with van der Waals surface area (Å²) in [5, 5.41) is 0. The van der Waals surface area contributed by atoms with Crippen molar-refractivity contribution in [1.29, 1.82) is 0 Å². The van der Waals surface area contributed by atoms with E-state index in [9.17, 15) is 0 Å². The molecule has 0 atom stereocenters. The largest absolute Gasteiger partial charge is 0.276 e. The topological polar surface area (TPSA) is 6.48 Å².